The number of aromatic nitrogens is 2. The van der Waals surface area contributed by atoms with E-state index in [1.54, 1.807) is 18.3 Å². The summed E-state index contributed by atoms with van der Waals surface area (Å²) in [6, 6.07) is 3.29. The van der Waals surface area contributed by atoms with Crippen LogP contribution in [0.3, 0.4) is 0 Å². The highest BCUT2D eigenvalue weighted by atomic mass is 35.5. The number of hydrogen-bond donors (Lipinski definition) is 2. The minimum atomic E-state index is 0.356. The van der Waals surface area contributed by atoms with E-state index in [1.165, 1.54) is 0 Å². The van der Waals surface area contributed by atoms with E-state index in [9.17, 15) is 0 Å². The van der Waals surface area contributed by atoms with Gasteiger partial charge in [-0.15, -0.1) is 0 Å². The predicted octanol–water partition coefficient (Wildman–Crippen LogP) is 2.48. The van der Waals surface area contributed by atoms with Crippen molar-refractivity contribution in [3.05, 3.63) is 35.1 Å². The first kappa shape index (κ1) is 11.7. The molecule has 0 bridgehead atoms. The molecule has 6 heteroatoms. The molecule has 90 valence electrons. The first-order chi connectivity index (χ1) is 8.17. The third-order valence-corrected chi connectivity index (χ3v) is 2.38. The second kappa shape index (κ2) is 5.05. The molecule has 2 aromatic rings. The van der Waals surface area contributed by atoms with Gasteiger partial charge in [0.05, 0.1) is 12.7 Å². The molecule has 0 aliphatic heterocycles. The Morgan fingerprint density at radius 3 is 2.94 bits per heavy atom. The standard InChI is InChI=1S/C11H13ClN4O/c1-2-8-5-15-11(17-8)6-14-10-4-7(13)3-9(12)16-10/h3-5H,2,6H2,1H3,(H3,13,14,16). The van der Waals surface area contributed by atoms with Crippen LogP contribution in [0.25, 0.3) is 0 Å². The molecule has 0 aliphatic rings. The van der Waals surface area contributed by atoms with Crippen molar-refractivity contribution in [3.63, 3.8) is 0 Å². The highest BCUT2D eigenvalue weighted by Crippen LogP contribution is 2.16. The molecule has 17 heavy (non-hydrogen) atoms. The number of nitrogen functional groups attached to an aromatic ring is 1. The molecule has 2 aromatic heterocycles. The van der Waals surface area contributed by atoms with E-state index >= 15 is 0 Å². The summed E-state index contributed by atoms with van der Waals surface area (Å²) in [6.45, 7) is 2.46. The fourth-order valence-corrected chi connectivity index (χ4v) is 1.58. The van der Waals surface area contributed by atoms with Crippen LogP contribution >= 0.6 is 11.6 Å². The minimum absolute atomic E-state index is 0.356. The molecule has 2 rings (SSSR count). The second-order valence-electron chi connectivity index (χ2n) is 3.54. The Morgan fingerprint density at radius 2 is 2.29 bits per heavy atom. The molecule has 0 aliphatic carbocycles. The van der Waals surface area contributed by atoms with Crippen molar-refractivity contribution in [2.75, 3.05) is 11.1 Å². The van der Waals surface area contributed by atoms with E-state index < -0.39 is 0 Å². The van der Waals surface area contributed by atoms with Gasteiger partial charge in [-0.25, -0.2) is 9.97 Å². The summed E-state index contributed by atoms with van der Waals surface area (Å²) >= 11 is 5.79. The molecular formula is C11H13ClN4O. The molecule has 0 radical (unpaired) electrons. The highest BCUT2D eigenvalue weighted by Gasteiger charge is 2.03. The smallest absolute Gasteiger partial charge is 0.213 e. The summed E-state index contributed by atoms with van der Waals surface area (Å²) in [5.41, 5.74) is 6.21. The SMILES string of the molecule is CCc1cnc(CNc2cc(N)cc(Cl)n2)o1. The molecule has 0 unspecified atom stereocenters. The number of aryl methyl sites for hydroxylation is 1. The van der Waals surface area contributed by atoms with Crippen molar-refractivity contribution in [2.45, 2.75) is 19.9 Å². The summed E-state index contributed by atoms with van der Waals surface area (Å²) in [6.07, 6.45) is 2.55. The predicted molar refractivity (Wildman–Crippen MR) is 66.9 cm³/mol. The Bertz CT molecular complexity index is 492. The lowest BCUT2D eigenvalue weighted by atomic mass is 10.4. The zero-order valence-electron chi connectivity index (χ0n) is 9.40. The maximum absolute atomic E-state index is 5.79. The van der Waals surface area contributed by atoms with Gasteiger partial charge in [-0.05, 0) is 6.07 Å². The lowest BCUT2D eigenvalue weighted by Gasteiger charge is -2.04. The van der Waals surface area contributed by atoms with Gasteiger partial charge in [-0.2, -0.15) is 0 Å². The van der Waals surface area contributed by atoms with E-state index in [0.29, 0.717) is 29.1 Å². The van der Waals surface area contributed by atoms with Crippen LogP contribution < -0.4 is 11.1 Å². The Hall–Kier alpha value is -1.75. The summed E-state index contributed by atoms with van der Waals surface area (Å²) in [5.74, 6) is 2.08. The van der Waals surface area contributed by atoms with Gasteiger partial charge in [0.2, 0.25) is 5.89 Å². The third kappa shape index (κ3) is 3.10. The van der Waals surface area contributed by atoms with Crippen LogP contribution in [0.1, 0.15) is 18.6 Å². The summed E-state index contributed by atoms with van der Waals surface area (Å²) < 4.78 is 5.45. The van der Waals surface area contributed by atoms with Crippen molar-refractivity contribution < 1.29 is 4.42 Å². The number of hydrogen-bond acceptors (Lipinski definition) is 5. The molecule has 0 fully saturated rings. The van der Waals surface area contributed by atoms with Crippen LogP contribution in [0.2, 0.25) is 5.15 Å². The third-order valence-electron chi connectivity index (χ3n) is 2.19. The largest absolute Gasteiger partial charge is 0.444 e. The number of oxazole rings is 1. The maximum atomic E-state index is 5.79. The molecular weight excluding hydrogens is 240 g/mol. The molecule has 0 saturated carbocycles. The summed E-state index contributed by atoms with van der Waals surface area (Å²) in [7, 11) is 0. The number of halogens is 1. The number of nitrogens with one attached hydrogen (secondary N) is 1. The van der Waals surface area contributed by atoms with Gasteiger partial charge in [0.15, 0.2) is 0 Å². The van der Waals surface area contributed by atoms with E-state index in [4.69, 9.17) is 21.8 Å². The molecule has 5 nitrogen and oxygen atoms in total. The van der Waals surface area contributed by atoms with E-state index in [2.05, 4.69) is 15.3 Å². The minimum Gasteiger partial charge on any atom is -0.444 e. The fraction of sp³-hybridized carbons (Fsp3) is 0.273. The number of pyridine rings is 1. The zero-order valence-corrected chi connectivity index (χ0v) is 10.2. The maximum Gasteiger partial charge on any atom is 0.213 e. The lowest BCUT2D eigenvalue weighted by Crippen LogP contribution is -2.02. The van der Waals surface area contributed by atoms with Gasteiger partial charge >= 0.3 is 0 Å². The quantitative estimate of drug-likeness (QED) is 0.818. The van der Waals surface area contributed by atoms with Gasteiger partial charge in [0.1, 0.15) is 16.7 Å². The van der Waals surface area contributed by atoms with Gasteiger partial charge in [0, 0.05) is 18.2 Å². The molecule has 0 amide bonds. The Kier molecular flexibility index (Phi) is 3.49. The Labute approximate surface area is 104 Å². The average Bonchev–Trinajstić information content (AvgIpc) is 2.73. The van der Waals surface area contributed by atoms with Gasteiger partial charge < -0.3 is 15.5 Å². The second-order valence-corrected chi connectivity index (χ2v) is 3.92. The van der Waals surface area contributed by atoms with Gasteiger partial charge in [-0.3, -0.25) is 0 Å². The van der Waals surface area contributed by atoms with Crippen LogP contribution in [0.5, 0.6) is 0 Å². The highest BCUT2D eigenvalue weighted by molar-refractivity contribution is 6.29. The van der Waals surface area contributed by atoms with E-state index in [1.807, 2.05) is 6.92 Å². The van der Waals surface area contributed by atoms with Gasteiger partial charge in [-0.1, -0.05) is 18.5 Å². The Balaban J connectivity index is 2.01. The summed E-state index contributed by atoms with van der Waals surface area (Å²) in [5, 5.41) is 3.40. The fourth-order valence-electron chi connectivity index (χ4n) is 1.37. The molecule has 3 N–H and O–H groups in total. The topological polar surface area (TPSA) is 77.0 Å². The Morgan fingerprint density at radius 1 is 1.47 bits per heavy atom. The summed E-state index contributed by atoms with van der Waals surface area (Å²) in [4.78, 5) is 8.21. The monoisotopic (exact) mass is 252 g/mol. The lowest BCUT2D eigenvalue weighted by molar-refractivity contribution is 0.465. The molecule has 2 heterocycles. The molecule has 0 saturated heterocycles. The first-order valence-corrected chi connectivity index (χ1v) is 5.65. The van der Waals surface area contributed by atoms with Crippen molar-refractivity contribution >= 4 is 23.1 Å². The number of nitrogens with zero attached hydrogens (tertiary/aromatic N) is 2. The van der Waals surface area contributed by atoms with Crippen LogP contribution in [0.15, 0.2) is 22.7 Å². The van der Waals surface area contributed by atoms with Crippen molar-refractivity contribution in [1.82, 2.24) is 9.97 Å². The van der Waals surface area contributed by atoms with Crippen molar-refractivity contribution in [2.24, 2.45) is 0 Å². The van der Waals surface area contributed by atoms with Crippen LogP contribution in [0, 0.1) is 0 Å². The zero-order chi connectivity index (χ0) is 12.3. The van der Waals surface area contributed by atoms with Crippen LogP contribution in [0.4, 0.5) is 11.5 Å². The van der Waals surface area contributed by atoms with Crippen LogP contribution in [-0.4, -0.2) is 9.97 Å². The molecule has 0 atom stereocenters. The van der Waals surface area contributed by atoms with E-state index in [0.717, 1.165) is 12.2 Å². The van der Waals surface area contributed by atoms with Crippen LogP contribution in [-0.2, 0) is 13.0 Å². The van der Waals surface area contributed by atoms with Gasteiger partial charge in [0.25, 0.3) is 0 Å². The number of nitrogens with two attached hydrogens (primary N) is 1. The normalized spacial score (nSPS) is 10.5. The number of anilines is 2. The number of rotatable bonds is 4. The average molecular weight is 253 g/mol. The molecule has 0 spiro atoms. The van der Waals surface area contributed by atoms with Crippen molar-refractivity contribution in [1.29, 1.82) is 0 Å². The molecule has 0 aromatic carbocycles. The van der Waals surface area contributed by atoms with E-state index in [-0.39, 0.29) is 0 Å². The first-order valence-electron chi connectivity index (χ1n) is 5.28. The van der Waals surface area contributed by atoms with Crippen molar-refractivity contribution in [3.8, 4) is 0 Å².